The number of piperidine rings is 1. The molecule has 0 spiro atoms. The highest BCUT2D eigenvalue weighted by molar-refractivity contribution is 5.79. The Kier molecular flexibility index (Phi) is 5.26. The van der Waals surface area contributed by atoms with E-state index in [1.807, 2.05) is 17.9 Å². The second-order valence-electron chi connectivity index (χ2n) is 7.54. The molecule has 2 fully saturated rings. The largest absolute Gasteiger partial charge is 0.389 e. The van der Waals surface area contributed by atoms with Crippen LogP contribution in [0.4, 0.5) is 0 Å². The number of carbonyl (C=O) groups excluding carboxylic acids is 1. The van der Waals surface area contributed by atoms with E-state index in [0.29, 0.717) is 32.4 Å². The maximum absolute atomic E-state index is 12.7. The van der Waals surface area contributed by atoms with Gasteiger partial charge in [0.15, 0.2) is 0 Å². The summed E-state index contributed by atoms with van der Waals surface area (Å²) in [4.78, 5) is 14.7. The van der Waals surface area contributed by atoms with Crippen LogP contribution in [-0.2, 0) is 16.0 Å². The molecule has 2 aliphatic heterocycles. The third-order valence-corrected chi connectivity index (χ3v) is 5.55. The predicted molar refractivity (Wildman–Crippen MR) is 93.8 cm³/mol. The molecule has 4 nitrogen and oxygen atoms in total. The van der Waals surface area contributed by atoms with Crippen LogP contribution in [-0.4, -0.2) is 47.3 Å². The molecule has 0 aliphatic carbocycles. The number of hydrogen-bond donors (Lipinski definition) is 1. The summed E-state index contributed by atoms with van der Waals surface area (Å²) in [5.41, 5.74) is 1.70. The molecule has 132 valence electrons. The van der Waals surface area contributed by atoms with Gasteiger partial charge in [-0.3, -0.25) is 4.79 Å². The van der Waals surface area contributed by atoms with Gasteiger partial charge < -0.3 is 14.7 Å². The third-order valence-electron chi connectivity index (χ3n) is 5.55. The van der Waals surface area contributed by atoms with Crippen molar-refractivity contribution in [3.63, 3.8) is 0 Å². The molecule has 2 saturated heterocycles. The number of aliphatic hydroxyl groups is 1. The molecule has 24 heavy (non-hydrogen) atoms. The molecule has 1 N–H and O–H groups in total. The molecule has 0 radical (unpaired) electrons. The van der Waals surface area contributed by atoms with E-state index in [1.165, 1.54) is 11.1 Å². The molecule has 0 bridgehead atoms. The molecule has 1 aromatic rings. The Bertz CT molecular complexity index is 578. The van der Waals surface area contributed by atoms with Crippen LogP contribution in [0, 0.1) is 12.8 Å². The molecule has 1 amide bonds. The lowest BCUT2D eigenvalue weighted by Gasteiger charge is -2.41. The van der Waals surface area contributed by atoms with E-state index in [4.69, 9.17) is 4.74 Å². The number of carbonyl (C=O) groups is 1. The lowest BCUT2D eigenvalue weighted by Crippen LogP contribution is -2.51. The Hall–Kier alpha value is -1.39. The van der Waals surface area contributed by atoms with Crippen molar-refractivity contribution >= 4 is 5.91 Å². The number of ether oxygens (including phenoxy) is 1. The molecule has 1 aromatic carbocycles. The minimum Gasteiger partial charge on any atom is -0.389 e. The molecule has 2 atom stereocenters. The first-order valence-corrected chi connectivity index (χ1v) is 9.15. The first-order chi connectivity index (χ1) is 11.5. The van der Waals surface area contributed by atoms with Gasteiger partial charge in [0, 0.05) is 26.1 Å². The summed E-state index contributed by atoms with van der Waals surface area (Å²) in [6, 6.07) is 8.32. The first-order valence-electron chi connectivity index (χ1n) is 9.15. The van der Waals surface area contributed by atoms with E-state index in [9.17, 15) is 9.90 Å². The fraction of sp³-hybridized carbons (Fsp3) is 0.650. The highest BCUT2D eigenvalue weighted by Gasteiger charge is 2.38. The lowest BCUT2D eigenvalue weighted by molar-refractivity contribution is -0.148. The summed E-state index contributed by atoms with van der Waals surface area (Å²) in [5, 5.41) is 10.9. The zero-order chi connectivity index (χ0) is 17.2. The Morgan fingerprint density at radius 1 is 1.38 bits per heavy atom. The van der Waals surface area contributed by atoms with E-state index in [0.717, 1.165) is 19.4 Å². The fourth-order valence-electron chi connectivity index (χ4n) is 4.00. The van der Waals surface area contributed by atoms with Crippen LogP contribution in [0.2, 0.25) is 0 Å². The monoisotopic (exact) mass is 331 g/mol. The van der Waals surface area contributed by atoms with Crippen molar-refractivity contribution in [2.24, 2.45) is 5.92 Å². The van der Waals surface area contributed by atoms with Gasteiger partial charge in [-0.25, -0.2) is 0 Å². The molecular formula is C20H29NO3. The fourth-order valence-corrected chi connectivity index (χ4v) is 4.00. The number of likely N-dealkylation sites (tertiary alicyclic amines) is 1. The van der Waals surface area contributed by atoms with E-state index >= 15 is 0 Å². The zero-order valence-electron chi connectivity index (χ0n) is 14.8. The van der Waals surface area contributed by atoms with Crippen LogP contribution in [0.3, 0.4) is 0 Å². The number of rotatable bonds is 3. The Morgan fingerprint density at radius 3 is 2.79 bits per heavy atom. The van der Waals surface area contributed by atoms with Gasteiger partial charge in [-0.15, -0.1) is 0 Å². The van der Waals surface area contributed by atoms with Crippen molar-refractivity contribution in [2.75, 3.05) is 19.7 Å². The Labute approximate surface area is 144 Å². The molecule has 3 rings (SSSR count). The average Bonchev–Trinajstić information content (AvgIpc) is 2.55. The van der Waals surface area contributed by atoms with Crippen LogP contribution < -0.4 is 0 Å². The SMILES string of the molecule is Cc1cccc(CC2(O)CCN(C(=O)[C@H]3CCCO[C@H]3C)CC2)c1. The van der Waals surface area contributed by atoms with Gasteiger partial charge in [0.05, 0.1) is 17.6 Å². The highest BCUT2D eigenvalue weighted by atomic mass is 16.5. The standard InChI is InChI=1S/C20H29NO3/c1-15-5-3-6-17(13-15)14-20(23)8-10-21(11-9-20)19(22)18-7-4-12-24-16(18)2/h3,5-6,13,16,18,23H,4,7-12,14H2,1-2H3/t16-,18-/m0/s1. The number of aryl methyl sites for hydroxylation is 1. The average molecular weight is 331 g/mol. The Balaban J connectivity index is 1.57. The van der Waals surface area contributed by atoms with Gasteiger partial charge in [-0.05, 0) is 45.1 Å². The number of benzene rings is 1. The first kappa shape index (κ1) is 17.4. The van der Waals surface area contributed by atoms with E-state index in [2.05, 4.69) is 25.1 Å². The van der Waals surface area contributed by atoms with Gasteiger partial charge >= 0.3 is 0 Å². The molecule has 0 unspecified atom stereocenters. The van der Waals surface area contributed by atoms with Gasteiger partial charge in [-0.2, -0.15) is 0 Å². The minimum atomic E-state index is -0.695. The summed E-state index contributed by atoms with van der Waals surface area (Å²) < 4.78 is 5.64. The lowest BCUT2D eigenvalue weighted by atomic mass is 9.84. The van der Waals surface area contributed by atoms with E-state index in [-0.39, 0.29) is 17.9 Å². The molecule has 0 saturated carbocycles. The van der Waals surface area contributed by atoms with E-state index < -0.39 is 5.60 Å². The minimum absolute atomic E-state index is 0.0123. The highest BCUT2D eigenvalue weighted by Crippen LogP contribution is 2.29. The molecule has 0 aromatic heterocycles. The molecule has 2 aliphatic rings. The van der Waals surface area contributed by atoms with E-state index in [1.54, 1.807) is 0 Å². The van der Waals surface area contributed by atoms with Crippen molar-refractivity contribution < 1.29 is 14.6 Å². The summed E-state index contributed by atoms with van der Waals surface area (Å²) in [5.74, 6) is 0.196. The zero-order valence-corrected chi connectivity index (χ0v) is 14.8. The van der Waals surface area contributed by atoms with Crippen molar-refractivity contribution in [1.29, 1.82) is 0 Å². The van der Waals surface area contributed by atoms with Crippen molar-refractivity contribution in [3.05, 3.63) is 35.4 Å². The van der Waals surface area contributed by atoms with Gasteiger partial charge in [0.25, 0.3) is 0 Å². The van der Waals surface area contributed by atoms with Gasteiger partial charge in [-0.1, -0.05) is 29.8 Å². The van der Waals surface area contributed by atoms with Crippen LogP contribution in [0.25, 0.3) is 0 Å². The van der Waals surface area contributed by atoms with Crippen LogP contribution >= 0.6 is 0 Å². The maximum Gasteiger partial charge on any atom is 0.228 e. The molecular weight excluding hydrogens is 302 g/mol. The number of hydrogen-bond acceptors (Lipinski definition) is 3. The van der Waals surface area contributed by atoms with Crippen molar-refractivity contribution in [3.8, 4) is 0 Å². The summed E-state index contributed by atoms with van der Waals surface area (Å²) >= 11 is 0. The van der Waals surface area contributed by atoms with Crippen molar-refractivity contribution in [2.45, 2.75) is 57.7 Å². The third kappa shape index (κ3) is 3.98. The second kappa shape index (κ2) is 7.24. The van der Waals surface area contributed by atoms with Gasteiger partial charge in [0.2, 0.25) is 5.91 Å². The molecule has 4 heteroatoms. The summed E-state index contributed by atoms with van der Waals surface area (Å²) in [7, 11) is 0. The predicted octanol–water partition coefficient (Wildman–Crippen LogP) is 2.71. The number of amides is 1. The van der Waals surface area contributed by atoms with Crippen molar-refractivity contribution in [1.82, 2.24) is 4.90 Å². The summed E-state index contributed by atoms with van der Waals surface area (Å²) in [6.45, 7) is 6.12. The second-order valence-corrected chi connectivity index (χ2v) is 7.54. The molecule has 2 heterocycles. The quantitative estimate of drug-likeness (QED) is 0.926. The van der Waals surface area contributed by atoms with Crippen LogP contribution in [0.15, 0.2) is 24.3 Å². The maximum atomic E-state index is 12.7. The topological polar surface area (TPSA) is 49.8 Å². The number of nitrogens with zero attached hydrogens (tertiary/aromatic N) is 1. The van der Waals surface area contributed by atoms with Crippen LogP contribution in [0.1, 0.15) is 43.7 Å². The summed E-state index contributed by atoms with van der Waals surface area (Å²) in [6.07, 6.45) is 3.86. The van der Waals surface area contributed by atoms with Crippen LogP contribution in [0.5, 0.6) is 0 Å². The Morgan fingerprint density at radius 2 is 2.12 bits per heavy atom. The van der Waals surface area contributed by atoms with Gasteiger partial charge in [0.1, 0.15) is 0 Å². The normalized spacial score (nSPS) is 27.0. The smallest absolute Gasteiger partial charge is 0.228 e.